The van der Waals surface area contributed by atoms with Crippen molar-refractivity contribution >= 4 is 34.5 Å². The third-order valence-electron chi connectivity index (χ3n) is 3.70. The summed E-state index contributed by atoms with van der Waals surface area (Å²) < 4.78 is 7.07. The molecule has 0 saturated heterocycles. The Bertz CT molecular complexity index is 614. The van der Waals surface area contributed by atoms with Crippen molar-refractivity contribution in [3.63, 3.8) is 0 Å². The summed E-state index contributed by atoms with van der Waals surface area (Å²) in [5.41, 5.74) is 8.51. The summed E-state index contributed by atoms with van der Waals surface area (Å²) in [6.07, 6.45) is 1.84. The molecule has 2 aromatic rings. The number of nitrogens with two attached hydrogens (primary N) is 1. The molecule has 0 spiro atoms. The van der Waals surface area contributed by atoms with E-state index in [1.807, 2.05) is 24.3 Å². The standard InChI is InChI=1S/C15H15Cl2NOS/c16-14-8-11(15(17)20-14)12(18)7-9-5-6-19-13-4-2-1-3-10(9)13/h1-4,8-9,12H,5-7,18H2. The minimum absolute atomic E-state index is 0.0950. The van der Waals surface area contributed by atoms with Crippen LogP contribution >= 0.6 is 34.5 Å². The zero-order chi connectivity index (χ0) is 14.1. The number of rotatable bonds is 3. The highest BCUT2D eigenvalue weighted by molar-refractivity contribution is 7.20. The normalized spacial score (nSPS) is 19.2. The van der Waals surface area contributed by atoms with E-state index in [2.05, 4.69) is 6.07 Å². The molecule has 1 aliphatic heterocycles. The van der Waals surface area contributed by atoms with Gasteiger partial charge in [-0.25, -0.2) is 0 Å². The first kappa shape index (κ1) is 14.2. The Morgan fingerprint density at radius 2 is 2.15 bits per heavy atom. The Labute approximate surface area is 132 Å². The lowest BCUT2D eigenvalue weighted by Crippen LogP contribution is -2.19. The van der Waals surface area contributed by atoms with E-state index < -0.39 is 0 Å². The molecule has 3 rings (SSSR count). The van der Waals surface area contributed by atoms with E-state index in [-0.39, 0.29) is 6.04 Å². The summed E-state index contributed by atoms with van der Waals surface area (Å²) in [5.74, 6) is 1.38. The van der Waals surface area contributed by atoms with E-state index in [0.29, 0.717) is 14.6 Å². The van der Waals surface area contributed by atoms with Crippen LogP contribution in [0.1, 0.15) is 35.9 Å². The zero-order valence-corrected chi connectivity index (χ0v) is 13.1. The maximum Gasteiger partial charge on any atom is 0.122 e. The van der Waals surface area contributed by atoms with Gasteiger partial charge in [0.25, 0.3) is 0 Å². The zero-order valence-electron chi connectivity index (χ0n) is 10.8. The van der Waals surface area contributed by atoms with E-state index >= 15 is 0 Å². The second kappa shape index (κ2) is 5.94. The summed E-state index contributed by atoms with van der Waals surface area (Å²) in [7, 11) is 0. The molecule has 2 heterocycles. The van der Waals surface area contributed by atoms with Crippen LogP contribution in [0.25, 0.3) is 0 Å². The molecule has 106 valence electrons. The first-order valence-corrected chi connectivity index (χ1v) is 8.14. The van der Waals surface area contributed by atoms with Crippen molar-refractivity contribution in [3.05, 3.63) is 50.1 Å². The van der Waals surface area contributed by atoms with E-state index in [0.717, 1.165) is 30.8 Å². The van der Waals surface area contributed by atoms with E-state index in [4.69, 9.17) is 33.7 Å². The van der Waals surface area contributed by atoms with Crippen LogP contribution in [0.4, 0.5) is 0 Å². The summed E-state index contributed by atoms with van der Waals surface area (Å²) in [5, 5.41) is 0. The van der Waals surface area contributed by atoms with Crippen molar-refractivity contribution in [2.45, 2.75) is 24.8 Å². The van der Waals surface area contributed by atoms with Gasteiger partial charge in [-0.2, -0.15) is 0 Å². The van der Waals surface area contributed by atoms with Crippen LogP contribution in [-0.4, -0.2) is 6.61 Å². The van der Waals surface area contributed by atoms with Gasteiger partial charge in [0.1, 0.15) is 5.75 Å². The molecule has 2 nitrogen and oxygen atoms in total. The number of ether oxygens (including phenoxy) is 1. The van der Waals surface area contributed by atoms with Crippen molar-refractivity contribution in [3.8, 4) is 5.75 Å². The highest BCUT2D eigenvalue weighted by Gasteiger charge is 2.25. The second-order valence-electron chi connectivity index (χ2n) is 4.99. The SMILES string of the molecule is NC(CC1CCOc2ccccc21)c1cc(Cl)sc1Cl. The highest BCUT2D eigenvalue weighted by atomic mass is 35.5. The monoisotopic (exact) mass is 327 g/mol. The van der Waals surface area contributed by atoms with Gasteiger partial charge in [-0.3, -0.25) is 0 Å². The molecule has 0 aliphatic carbocycles. The number of para-hydroxylation sites is 1. The van der Waals surface area contributed by atoms with Crippen molar-refractivity contribution in [2.24, 2.45) is 5.73 Å². The Morgan fingerprint density at radius 3 is 2.90 bits per heavy atom. The molecule has 1 aromatic carbocycles. The van der Waals surface area contributed by atoms with Gasteiger partial charge in [0.15, 0.2) is 0 Å². The minimum atomic E-state index is -0.0950. The fourth-order valence-electron chi connectivity index (χ4n) is 2.70. The molecule has 0 amide bonds. The molecule has 2 atom stereocenters. The summed E-state index contributed by atoms with van der Waals surface area (Å²) in [4.78, 5) is 0. The van der Waals surface area contributed by atoms with Crippen LogP contribution in [0.5, 0.6) is 5.75 Å². The summed E-state index contributed by atoms with van der Waals surface area (Å²) in [6, 6.07) is 9.96. The average Bonchev–Trinajstić information content (AvgIpc) is 2.78. The fourth-order valence-corrected chi connectivity index (χ4v) is 4.30. The summed E-state index contributed by atoms with van der Waals surface area (Å²) >= 11 is 13.6. The fraction of sp³-hybridized carbons (Fsp3) is 0.333. The Hall–Kier alpha value is -0.740. The predicted molar refractivity (Wildman–Crippen MR) is 85.2 cm³/mol. The molecule has 0 fully saturated rings. The number of benzene rings is 1. The first-order chi connectivity index (χ1) is 9.65. The van der Waals surface area contributed by atoms with Crippen LogP contribution in [0.2, 0.25) is 8.67 Å². The second-order valence-corrected chi connectivity index (χ2v) is 7.28. The molecule has 1 aliphatic rings. The molecule has 0 bridgehead atoms. The van der Waals surface area contributed by atoms with Crippen molar-refractivity contribution in [1.82, 2.24) is 0 Å². The van der Waals surface area contributed by atoms with Gasteiger partial charge < -0.3 is 10.5 Å². The lowest BCUT2D eigenvalue weighted by Gasteiger charge is -2.27. The molecule has 2 N–H and O–H groups in total. The molecular formula is C15H15Cl2NOS. The van der Waals surface area contributed by atoms with Gasteiger partial charge in [-0.1, -0.05) is 41.4 Å². The number of hydrogen-bond acceptors (Lipinski definition) is 3. The number of fused-ring (bicyclic) bond motifs is 1. The van der Waals surface area contributed by atoms with Crippen LogP contribution in [0.3, 0.4) is 0 Å². The van der Waals surface area contributed by atoms with Gasteiger partial charge >= 0.3 is 0 Å². The Morgan fingerprint density at radius 1 is 1.35 bits per heavy atom. The molecule has 0 saturated carbocycles. The summed E-state index contributed by atoms with van der Waals surface area (Å²) in [6.45, 7) is 0.743. The van der Waals surface area contributed by atoms with Crippen LogP contribution < -0.4 is 10.5 Å². The molecular weight excluding hydrogens is 313 g/mol. The van der Waals surface area contributed by atoms with Gasteiger partial charge in [-0.15, -0.1) is 11.3 Å². The lowest BCUT2D eigenvalue weighted by molar-refractivity contribution is 0.259. The topological polar surface area (TPSA) is 35.2 Å². The van der Waals surface area contributed by atoms with Gasteiger partial charge in [0.05, 0.1) is 15.3 Å². The largest absolute Gasteiger partial charge is 0.493 e. The first-order valence-electron chi connectivity index (χ1n) is 6.57. The maximum absolute atomic E-state index is 6.32. The smallest absolute Gasteiger partial charge is 0.122 e. The number of thiophene rings is 1. The maximum atomic E-state index is 6.32. The van der Waals surface area contributed by atoms with Crippen molar-refractivity contribution < 1.29 is 4.74 Å². The van der Waals surface area contributed by atoms with E-state index in [9.17, 15) is 0 Å². The van der Waals surface area contributed by atoms with Gasteiger partial charge in [-0.05, 0) is 42.0 Å². The molecule has 1 aromatic heterocycles. The molecule has 20 heavy (non-hydrogen) atoms. The molecule has 2 unspecified atom stereocenters. The van der Waals surface area contributed by atoms with Gasteiger partial charge in [0.2, 0.25) is 0 Å². The van der Waals surface area contributed by atoms with Crippen LogP contribution in [0.15, 0.2) is 30.3 Å². The van der Waals surface area contributed by atoms with Crippen LogP contribution in [0, 0.1) is 0 Å². The Kier molecular flexibility index (Phi) is 4.22. The molecule has 5 heteroatoms. The lowest BCUT2D eigenvalue weighted by atomic mass is 9.86. The van der Waals surface area contributed by atoms with Crippen molar-refractivity contribution in [2.75, 3.05) is 6.61 Å². The van der Waals surface area contributed by atoms with E-state index in [1.54, 1.807) is 0 Å². The predicted octanol–water partition coefficient (Wildman–Crippen LogP) is 5.01. The van der Waals surface area contributed by atoms with Crippen molar-refractivity contribution in [1.29, 1.82) is 0 Å². The quantitative estimate of drug-likeness (QED) is 0.859. The highest BCUT2D eigenvalue weighted by Crippen LogP contribution is 2.41. The van der Waals surface area contributed by atoms with Crippen LogP contribution in [-0.2, 0) is 0 Å². The minimum Gasteiger partial charge on any atom is -0.493 e. The van der Waals surface area contributed by atoms with E-state index in [1.165, 1.54) is 16.9 Å². The molecule has 0 radical (unpaired) electrons. The average molecular weight is 328 g/mol. The third kappa shape index (κ3) is 2.82. The van der Waals surface area contributed by atoms with Gasteiger partial charge in [0, 0.05) is 6.04 Å². The Balaban J connectivity index is 1.80. The number of hydrogen-bond donors (Lipinski definition) is 1. The number of halogens is 2. The third-order valence-corrected chi connectivity index (χ3v) is 5.22.